The predicted molar refractivity (Wildman–Crippen MR) is 140 cm³/mol. The van der Waals surface area contributed by atoms with Crippen molar-refractivity contribution in [3.63, 3.8) is 0 Å². The van der Waals surface area contributed by atoms with Crippen molar-refractivity contribution in [3.05, 3.63) is 70.8 Å². The second-order valence-electron chi connectivity index (χ2n) is 9.92. The quantitative estimate of drug-likeness (QED) is 0.463. The van der Waals surface area contributed by atoms with Crippen LogP contribution in [0.5, 0.6) is 0 Å². The van der Waals surface area contributed by atoms with Crippen LogP contribution >= 0.6 is 0 Å². The number of rotatable bonds is 9. The van der Waals surface area contributed by atoms with Gasteiger partial charge in [0.05, 0.1) is 29.7 Å². The van der Waals surface area contributed by atoms with Gasteiger partial charge in [0.1, 0.15) is 6.04 Å². The van der Waals surface area contributed by atoms with Crippen LogP contribution in [0.3, 0.4) is 0 Å². The minimum Gasteiger partial charge on any atom is -0.481 e. The van der Waals surface area contributed by atoms with Gasteiger partial charge in [0, 0.05) is 18.8 Å². The van der Waals surface area contributed by atoms with Crippen LogP contribution < -0.4 is 15.8 Å². The average Bonchev–Trinajstić information content (AvgIpc) is 2.88. The number of anilines is 1. The summed E-state index contributed by atoms with van der Waals surface area (Å²) >= 11 is 0. The van der Waals surface area contributed by atoms with E-state index < -0.39 is 24.0 Å². The highest BCUT2D eigenvalue weighted by molar-refractivity contribution is 5.83. The molecule has 0 bridgehead atoms. The van der Waals surface area contributed by atoms with E-state index in [4.69, 9.17) is 0 Å². The zero-order valence-corrected chi connectivity index (χ0v) is 20.9. The largest absolute Gasteiger partial charge is 0.481 e. The molecule has 3 aromatic rings. The number of nitrogens with one attached hydrogen (secondary N) is 1. The number of carbonyl (C=O) groups is 2. The first kappa shape index (κ1) is 25.4. The van der Waals surface area contributed by atoms with Gasteiger partial charge in [-0.05, 0) is 61.4 Å². The molecule has 0 spiro atoms. The summed E-state index contributed by atoms with van der Waals surface area (Å²) in [6, 6.07) is 13.3. The molecular weight excluding hydrogens is 456 g/mol. The third-order valence-electron chi connectivity index (χ3n) is 6.71. The lowest BCUT2D eigenvalue weighted by Gasteiger charge is -2.30. The Morgan fingerprint density at radius 2 is 1.81 bits per heavy atom. The third-order valence-corrected chi connectivity index (χ3v) is 6.71. The van der Waals surface area contributed by atoms with E-state index >= 15 is 0 Å². The predicted octanol–water partition coefficient (Wildman–Crippen LogP) is 4.31. The Hall–Kier alpha value is -3.68. The van der Waals surface area contributed by atoms with Gasteiger partial charge < -0.3 is 15.3 Å². The highest BCUT2D eigenvalue weighted by atomic mass is 16.4. The molecule has 1 saturated heterocycles. The number of hydrogen-bond donors (Lipinski definition) is 2. The molecule has 2 unspecified atom stereocenters. The number of hydrogen-bond acceptors (Lipinski definition) is 5. The average molecular weight is 491 g/mol. The molecule has 4 rings (SSSR count). The Bertz CT molecular complexity index is 1280. The van der Waals surface area contributed by atoms with Gasteiger partial charge in [-0.3, -0.25) is 19.0 Å². The molecule has 2 N–H and O–H groups in total. The number of carboxylic acids is 1. The SMILES string of the molecule is CC(C)CC(C(=O)NC(CC(=O)O)c1cccc(N2CCCCC2)c1)n1cnc2ccccc2c1=O. The Balaban J connectivity index is 1.65. The molecule has 2 atom stereocenters. The van der Waals surface area contributed by atoms with E-state index in [-0.39, 0.29) is 17.9 Å². The Labute approximate surface area is 211 Å². The van der Waals surface area contributed by atoms with Crippen molar-refractivity contribution in [2.45, 2.75) is 58.0 Å². The molecule has 190 valence electrons. The lowest BCUT2D eigenvalue weighted by atomic mass is 9.99. The van der Waals surface area contributed by atoms with E-state index in [1.807, 2.05) is 44.2 Å². The summed E-state index contributed by atoms with van der Waals surface area (Å²) in [6.07, 6.45) is 5.05. The first-order valence-electron chi connectivity index (χ1n) is 12.7. The minimum absolute atomic E-state index is 0.125. The van der Waals surface area contributed by atoms with Crippen molar-refractivity contribution in [1.29, 1.82) is 0 Å². The first-order chi connectivity index (χ1) is 17.3. The van der Waals surface area contributed by atoms with Crippen LogP contribution in [0.1, 0.15) is 63.6 Å². The fraction of sp³-hybridized carbons (Fsp3) is 0.429. The molecule has 2 aromatic carbocycles. The minimum atomic E-state index is -1.01. The number of para-hydroxylation sites is 1. The number of benzene rings is 2. The molecule has 8 heteroatoms. The first-order valence-corrected chi connectivity index (χ1v) is 12.7. The number of carbonyl (C=O) groups excluding carboxylic acids is 1. The van der Waals surface area contributed by atoms with E-state index in [2.05, 4.69) is 15.2 Å². The van der Waals surface area contributed by atoms with E-state index in [9.17, 15) is 19.5 Å². The summed E-state index contributed by atoms with van der Waals surface area (Å²) in [6.45, 7) is 5.90. The topological polar surface area (TPSA) is 105 Å². The van der Waals surface area contributed by atoms with Gasteiger partial charge in [-0.25, -0.2) is 4.98 Å². The van der Waals surface area contributed by atoms with Gasteiger partial charge in [0.2, 0.25) is 5.91 Å². The summed E-state index contributed by atoms with van der Waals surface area (Å²) in [5.41, 5.74) is 2.05. The van der Waals surface area contributed by atoms with Gasteiger partial charge in [-0.15, -0.1) is 0 Å². The summed E-state index contributed by atoms with van der Waals surface area (Å²) < 4.78 is 1.37. The van der Waals surface area contributed by atoms with Crippen molar-refractivity contribution >= 4 is 28.5 Å². The number of carboxylic acid groups (broad SMARTS) is 1. The van der Waals surface area contributed by atoms with E-state index in [0.29, 0.717) is 17.3 Å². The summed E-state index contributed by atoms with van der Waals surface area (Å²) in [5.74, 6) is -1.27. The molecule has 8 nitrogen and oxygen atoms in total. The molecule has 1 aromatic heterocycles. The number of fused-ring (bicyclic) bond motifs is 1. The van der Waals surface area contributed by atoms with Crippen LogP contribution in [0, 0.1) is 5.92 Å². The number of nitrogens with zero attached hydrogens (tertiary/aromatic N) is 3. The molecule has 1 aliphatic rings. The Morgan fingerprint density at radius 1 is 1.06 bits per heavy atom. The normalized spacial score (nSPS) is 15.6. The molecule has 36 heavy (non-hydrogen) atoms. The van der Waals surface area contributed by atoms with Crippen molar-refractivity contribution in [2.75, 3.05) is 18.0 Å². The van der Waals surface area contributed by atoms with Crippen LogP contribution in [0.2, 0.25) is 0 Å². The Kier molecular flexibility index (Phi) is 8.03. The van der Waals surface area contributed by atoms with Crippen molar-refractivity contribution in [3.8, 4) is 0 Å². The van der Waals surface area contributed by atoms with Gasteiger partial charge >= 0.3 is 5.97 Å². The highest BCUT2D eigenvalue weighted by Crippen LogP contribution is 2.27. The van der Waals surface area contributed by atoms with Crippen LogP contribution in [-0.2, 0) is 9.59 Å². The number of piperidine rings is 1. The highest BCUT2D eigenvalue weighted by Gasteiger charge is 2.28. The van der Waals surface area contributed by atoms with E-state index in [1.54, 1.807) is 18.2 Å². The molecule has 0 aliphatic carbocycles. The molecular formula is C28H34N4O4. The monoisotopic (exact) mass is 490 g/mol. The Morgan fingerprint density at radius 3 is 2.53 bits per heavy atom. The molecule has 2 heterocycles. The maximum atomic E-state index is 13.6. The van der Waals surface area contributed by atoms with Crippen LogP contribution in [0.4, 0.5) is 5.69 Å². The van der Waals surface area contributed by atoms with Crippen molar-refractivity contribution in [1.82, 2.24) is 14.9 Å². The maximum absolute atomic E-state index is 13.6. The van der Waals surface area contributed by atoms with E-state index in [1.165, 1.54) is 17.3 Å². The fourth-order valence-electron chi connectivity index (χ4n) is 4.88. The number of aliphatic carboxylic acids is 1. The number of aromatic nitrogens is 2. The summed E-state index contributed by atoms with van der Waals surface area (Å²) in [4.78, 5) is 45.3. The zero-order chi connectivity index (χ0) is 25.7. The summed E-state index contributed by atoms with van der Waals surface area (Å²) in [7, 11) is 0. The standard InChI is InChI=1S/C28H34N4O4/c1-19(2)15-25(32-18-29-23-12-5-4-11-22(23)28(32)36)27(35)30-24(17-26(33)34)20-9-8-10-21(16-20)31-13-6-3-7-14-31/h4-5,8-12,16,18-19,24-25H,3,6-7,13-15,17H2,1-2H3,(H,30,35)(H,33,34). The second-order valence-corrected chi connectivity index (χ2v) is 9.92. The van der Waals surface area contributed by atoms with E-state index in [0.717, 1.165) is 37.2 Å². The van der Waals surface area contributed by atoms with Gasteiger partial charge in [-0.2, -0.15) is 0 Å². The van der Waals surface area contributed by atoms with Crippen LogP contribution in [0.15, 0.2) is 59.7 Å². The van der Waals surface area contributed by atoms with Gasteiger partial charge in [-0.1, -0.05) is 38.1 Å². The molecule has 1 aliphatic heterocycles. The maximum Gasteiger partial charge on any atom is 0.305 e. The second kappa shape index (κ2) is 11.4. The van der Waals surface area contributed by atoms with Gasteiger partial charge in [0.25, 0.3) is 5.56 Å². The van der Waals surface area contributed by atoms with Crippen LogP contribution in [0.25, 0.3) is 10.9 Å². The lowest BCUT2D eigenvalue weighted by Crippen LogP contribution is -2.40. The lowest BCUT2D eigenvalue weighted by molar-refractivity contribution is -0.138. The zero-order valence-electron chi connectivity index (χ0n) is 20.9. The van der Waals surface area contributed by atoms with Gasteiger partial charge in [0.15, 0.2) is 0 Å². The third kappa shape index (κ3) is 5.93. The summed E-state index contributed by atoms with van der Waals surface area (Å²) in [5, 5.41) is 13.0. The molecule has 0 radical (unpaired) electrons. The smallest absolute Gasteiger partial charge is 0.305 e. The van der Waals surface area contributed by atoms with Crippen molar-refractivity contribution < 1.29 is 14.7 Å². The fourth-order valence-corrected chi connectivity index (χ4v) is 4.88. The molecule has 0 saturated carbocycles. The van der Waals surface area contributed by atoms with Crippen LogP contribution in [-0.4, -0.2) is 39.6 Å². The molecule has 1 fully saturated rings. The molecule has 1 amide bonds. The van der Waals surface area contributed by atoms with Crippen molar-refractivity contribution in [2.24, 2.45) is 5.92 Å². The number of amides is 1.